The Balaban J connectivity index is 2.33. The normalized spacial score (nSPS) is 21.4. The Morgan fingerprint density at radius 1 is 1.75 bits per heavy atom. The maximum Gasteiger partial charge on any atom is 0.156 e. The molecule has 1 fully saturated rings. The van der Waals surface area contributed by atoms with Crippen molar-refractivity contribution in [1.29, 1.82) is 0 Å². The summed E-state index contributed by atoms with van der Waals surface area (Å²) in [6.07, 6.45) is 2.65. The summed E-state index contributed by atoms with van der Waals surface area (Å²) >= 11 is 0. The fourth-order valence-corrected chi connectivity index (χ4v) is 1.18. The minimum Gasteiger partial charge on any atom is -0.409 e. The Hall–Kier alpha value is -0.770. The largest absolute Gasteiger partial charge is 0.409 e. The number of hydrogen-bond donors (Lipinski definition) is 2. The number of nitrogens with zero attached hydrogens (tertiary/aromatic N) is 2. The molecule has 3 N–H and O–H groups in total. The molecule has 0 aliphatic heterocycles. The summed E-state index contributed by atoms with van der Waals surface area (Å²) in [6.45, 7) is 2.99. The molecule has 0 amide bonds. The molecule has 1 rings (SSSR count). The molecule has 0 aromatic rings. The van der Waals surface area contributed by atoms with Crippen LogP contribution in [0.25, 0.3) is 0 Å². The predicted octanol–water partition coefficient (Wildman–Crippen LogP) is 0.463. The standard InChI is InChI=1S/C8H17N3O/c1-6(8(9)10-12)11(2)5-7-3-4-7/h6-7,12H,3-5H2,1-2H3,(H2,9,10). The van der Waals surface area contributed by atoms with Crippen LogP contribution in [-0.4, -0.2) is 35.6 Å². The Morgan fingerprint density at radius 2 is 2.33 bits per heavy atom. The number of likely N-dealkylation sites (N-methyl/N-ethyl adjacent to an activating group) is 1. The van der Waals surface area contributed by atoms with Crippen LogP contribution in [0, 0.1) is 5.92 Å². The van der Waals surface area contributed by atoms with E-state index in [0.29, 0.717) is 0 Å². The van der Waals surface area contributed by atoms with Gasteiger partial charge in [-0.3, -0.25) is 4.90 Å². The van der Waals surface area contributed by atoms with E-state index < -0.39 is 0 Å². The van der Waals surface area contributed by atoms with Gasteiger partial charge in [-0.15, -0.1) is 0 Å². The Morgan fingerprint density at radius 3 is 2.75 bits per heavy atom. The molecule has 12 heavy (non-hydrogen) atoms. The quantitative estimate of drug-likeness (QED) is 0.279. The average molecular weight is 171 g/mol. The van der Waals surface area contributed by atoms with Crippen molar-refractivity contribution in [2.75, 3.05) is 13.6 Å². The molecule has 4 nitrogen and oxygen atoms in total. The van der Waals surface area contributed by atoms with Gasteiger partial charge in [0.1, 0.15) is 0 Å². The highest BCUT2D eigenvalue weighted by Crippen LogP contribution is 2.29. The van der Waals surface area contributed by atoms with E-state index in [1.54, 1.807) is 0 Å². The predicted molar refractivity (Wildman–Crippen MR) is 48.2 cm³/mol. The van der Waals surface area contributed by atoms with Gasteiger partial charge >= 0.3 is 0 Å². The summed E-state index contributed by atoms with van der Waals surface area (Å²) in [5.41, 5.74) is 5.47. The molecule has 1 atom stereocenters. The maximum absolute atomic E-state index is 8.44. The van der Waals surface area contributed by atoms with Crippen molar-refractivity contribution >= 4 is 5.84 Å². The third kappa shape index (κ3) is 2.37. The second-order valence-corrected chi connectivity index (χ2v) is 3.58. The third-order valence-corrected chi connectivity index (χ3v) is 2.45. The SMILES string of the molecule is CC(C(N)=NO)N(C)CC1CC1. The molecule has 0 aromatic carbocycles. The van der Waals surface area contributed by atoms with Gasteiger partial charge in [-0.25, -0.2) is 0 Å². The highest BCUT2D eigenvalue weighted by atomic mass is 16.4. The van der Waals surface area contributed by atoms with Gasteiger partial charge < -0.3 is 10.9 Å². The lowest BCUT2D eigenvalue weighted by Gasteiger charge is -2.22. The first kappa shape index (κ1) is 9.32. The Labute approximate surface area is 73.0 Å². The van der Waals surface area contributed by atoms with Crippen molar-refractivity contribution in [2.45, 2.75) is 25.8 Å². The second-order valence-electron chi connectivity index (χ2n) is 3.58. The van der Waals surface area contributed by atoms with Crippen LogP contribution in [0.5, 0.6) is 0 Å². The molecule has 1 unspecified atom stereocenters. The lowest BCUT2D eigenvalue weighted by Crippen LogP contribution is -2.41. The first-order valence-electron chi connectivity index (χ1n) is 4.32. The van der Waals surface area contributed by atoms with Gasteiger partial charge in [-0.2, -0.15) is 0 Å². The highest BCUT2D eigenvalue weighted by molar-refractivity contribution is 5.84. The molecule has 4 heteroatoms. The fraction of sp³-hybridized carbons (Fsp3) is 0.875. The summed E-state index contributed by atoms with van der Waals surface area (Å²) in [4.78, 5) is 2.12. The number of rotatable bonds is 4. The third-order valence-electron chi connectivity index (χ3n) is 2.45. The summed E-state index contributed by atoms with van der Waals surface area (Å²) in [5, 5.41) is 11.4. The molecule has 0 saturated heterocycles. The van der Waals surface area contributed by atoms with Gasteiger partial charge in [0.05, 0.1) is 6.04 Å². The summed E-state index contributed by atoms with van der Waals surface area (Å²) in [6, 6.07) is 0.0376. The van der Waals surface area contributed by atoms with Crippen molar-refractivity contribution in [3.05, 3.63) is 0 Å². The van der Waals surface area contributed by atoms with Crippen molar-refractivity contribution < 1.29 is 5.21 Å². The zero-order chi connectivity index (χ0) is 9.14. The minimum absolute atomic E-state index is 0.0376. The van der Waals surface area contributed by atoms with Crippen LogP contribution in [0.1, 0.15) is 19.8 Å². The van der Waals surface area contributed by atoms with Crippen LogP contribution in [0.15, 0.2) is 5.16 Å². The zero-order valence-electron chi connectivity index (χ0n) is 7.70. The zero-order valence-corrected chi connectivity index (χ0v) is 7.70. The van der Waals surface area contributed by atoms with Gasteiger partial charge in [0, 0.05) is 6.54 Å². The summed E-state index contributed by atoms with van der Waals surface area (Å²) in [5.74, 6) is 1.13. The minimum atomic E-state index is 0.0376. The van der Waals surface area contributed by atoms with Crippen molar-refractivity contribution in [2.24, 2.45) is 16.8 Å². The number of nitrogens with two attached hydrogens (primary N) is 1. The fourth-order valence-electron chi connectivity index (χ4n) is 1.18. The molecular weight excluding hydrogens is 154 g/mol. The van der Waals surface area contributed by atoms with E-state index in [0.717, 1.165) is 12.5 Å². The van der Waals surface area contributed by atoms with E-state index >= 15 is 0 Å². The summed E-state index contributed by atoms with van der Waals surface area (Å²) in [7, 11) is 2.00. The number of hydrogen-bond acceptors (Lipinski definition) is 3. The first-order valence-corrected chi connectivity index (χ1v) is 4.32. The molecular formula is C8H17N3O. The molecule has 0 spiro atoms. The smallest absolute Gasteiger partial charge is 0.156 e. The molecule has 0 bridgehead atoms. The van der Waals surface area contributed by atoms with Crippen LogP contribution in [0.2, 0.25) is 0 Å². The monoisotopic (exact) mass is 171 g/mol. The molecule has 0 radical (unpaired) electrons. The molecule has 1 aliphatic rings. The molecule has 0 heterocycles. The van der Waals surface area contributed by atoms with Gasteiger partial charge in [0.15, 0.2) is 5.84 Å². The maximum atomic E-state index is 8.44. The van der Waals surface area contributed by atoms with Crippen molar-refractivity contribution in [3.63, 3.8) is 0 Å². The lowest BCUT2D eigenvalue weighted by molar-refractivity contribution is 0.277. The Bertz CT molecular complexity index is 177. The average Bonchev–Trinajstić information content (AvgIpc) is 2.85. The van der Waals surface area contributed by atoms with Crippen LogP contribution < -0.4 is 5.73 Å². The Kier molecular flexibility index (Phi) is 2.92. The van der Waals surface area contributed by atoms with E-state index in [1.165, 1.54) is 12.8 Å². The van der Waals surface area contributed by atoms with E-state index in [-0.39, 0.29) is 11.9 Å². The van der Waals surface area contributed by atoms with Crippen LogP contribution in [0.4, 0.5) is 0 Å². The number of amidine groups is 1. The summed E-state index contributed by atoms with van der Waals surface area (Å²) < 4.78 is 0. The van der Waals surface area contributed by atoms with E-state index in [1.807, 2.05) is 14.0 Å². The van der Waals surface area contributed by atoms with Crippen molar-refractivity contribution in [3.8, 4) is 0 Å². The molecule has 1 aliphatic carbocycles. The number of oxime groups is 1. The molecule has 1 saturated carbocycles. The van der Waals surface area contributed by atoms with E-state index in [2.05, 4.69) is 10.1 Å². The lowest BCUT2D eigenvalue weighted by atomic mass is 10.2. The topological polar surface area (TPSA) is 61.9 Å². The van der Waals surface area contributed by atoms with Crippen LogP contribution in [-0.2, 0) is 0 Å². The highest BCUT2D eigenvalue weighted by Gasteiger charge is 2.25. The van der Waals surface area contributed by atoms with Crippen LogP contribution >= 0.6 is 0 Å². The second kappa shape index (κ2) is 3.76. The van der Waals surface area contributed by atoms with Crippen molar-refractivity contribution in [1.82, 2.24) is 4.90 Å². The van der Waals surface area contributed by atoms with Crippen LogP contribution in [0.3, 0.4) is 0 Å². The van der Waals surface area contributed by atoms with Gasteiger partial charge in [0.2, 0.25) is 0 Å². The molecule has 0 aromatic heterocycles. The van der Waals surface area contributed by atoms with Gasteiger partial charge in [-0.1, -0.05) is 5.16 Å². The van der Waals surface area contributed by atoms with Gasteiger partial charge in [0.25, 0.3) is 0 Å². The molecule has 70 valence electrons. The van der Waals surface area contributed by atoms with Gasteiger partial charge in [-0.05, 0) is 32.7 Å². The van der Waals surface area contributed by atoms with E-state index in [9.17, 15) is 0 Å². The van der Waals surface area contributed by atoms with E-state index in [4.69, 9.17) is 10.9 Å². The first-order chi connectivity index (χ1) is 5.65.